The van der Waals surface area contributed by atoms with E-state index < -0.39 is 31.8 Å². The number of non-ortho nitro benzene ring substituents is 2. The fourth-order valence-corrected chi connectivity index (χ4v) is 4.01. The second-order valence-corrected chi connectivity index (χ2v) is 7.77. The number of sulfonamides is 1. The van der Waals surface area contributed by atoms with E-state index in [-0.39, 0.29) is 22.8 Å². The van der Waals surface area contributed by atoms with Crippen molar-refractivity contribution in [1.29, 1.82) is 0 Å². The number of rotatable bonds is 8. The van der Waals surface area contributed by atoms with Gasteiger partial charge in [-0.2, -0.15) is 4.31 Å². The van der Waals surface area contributed by atoms with Crippen LogP contribution in [0.2, 0.25) is 0 Å². The van der Waals surface area contributed by atoms with Gasteiger partial charge in [-0.25, -0.2) is 13.9 Å². The van der Waals surface area contributed by atoms with Crippen molar-refractivity contribution >= 4 is 27.3 Å². The van der Waals surface area contributed by atoms with Gasteiger partial charge in [0, 0.05) is 30.8 Å². The first-order valence-corrected chi connectivity index (χ1v) is 9.45. The highest BCUT2D eigenvalue weighted by Crippen LogP contribution is 2.24. The predicted octanol–water partition coefficient (Wildman–Crippen LogP) is 1.59. The average Bonchev–Trinajstić information content (AvgIpc) is 2.71. The van der Waals surface area contributed by atoms with E-state index >= 15 is 0 Å². The third kappa shape index (κ3) is 4.90. The molecule has 154 valence electrons. The minimum absolute atomic E-state index is 0.195. The minimum atomic E-state index is -4.32. The number of benzene rings is 2. The second kappa shape index (κ2) is 8.72. The summed E-state index contributed by atoms with van der Waals surface area (Å²) in [7, 11) is -4.32. The molecular formula is C16H16N4O8S. The standard InChI is InChI=1S/C16H16N4O8S/c1-11(16(21)17-22)18(10-12-2-4-13(5-3-12)19(23)24)29(27,28)15-8-6-14(7-9-15)20(25)26/h2-9,11,22H,10H2,1H3,(H,17,21)/t11-/m0/s1. The monoisotopic (exact) mass is 424 g/mol. The molecular weight excluding hydrogens is 408 g/mol. The van der Waals surface area contributed by atoms with Crippen LogP contribution < -0.4 is 5.48 Å². The fourth-order valence-electron chi connectivity index (χ4n) is 2.43. The molecule has 1 amide bonds. The molecule has 0 bridgehead atoms. The van der Waals surface area contributed by atoms with E-state index in [0.29, 0.717) is 5.56 Å². The molecule has 2 aromatic rings. The lowest BCUT2D eigenvalue weighted by Crippen LogP contribution is -2.46. The first-order chi connectivity index (χ1) is 13.6. The quantitative estimate of drug-likeness (QED) is 0.365. The Morgan fingerprint density at radius 1 is 1.03 bits per heavy atom. The van der Waals surface area contributed by atoms with Gasteiger partial charge in [-0.15, -0.1) is 0 Å². The Hall–Kier alpha value is -3.42. The van der Waals surface area contributed by atoms with Gasteiger partial charge in [0.05, 0.1) is 14.7 Å². The largest absolute Gasteiger partial charge is 0.289 e. The maximum absolute atomic E-state index is 13.0. The topological polar surface area (TPSA) is 173 Å². The van der Waals surface area contributed by atoms with Crippen molar-refractivity contribution in [2.24, 2.45) is 0 Å². The molecule has 2 N–H and O–H groups in total. The zero-order chi connectivity index (χ0) is 21.8. The van der Waals surface area contributed by atoms with Gasteiger partial charge in [0.2, 0.25) is 10.0 Å². The van der Waals surface area contributed by atoms with Gasteiger partial charge in [-0.3, -0.25) is 30.2 Å². The molecule has 13 heteroatoms. The van der Waals surface area contributed by atoms with Gasteiger partial charge >= 0.3 is 0 Å². The van der Waals surface area contributed by atoms with Crippen LogP contribution >= 0.6 is 0 Å². The highest BCUT2D eigenvalue weighted by molar-refractivity contribution is 7.89. The Bertz CT molecular complexity index is 1020. The summed E-state index contributed by atoms with van der Waals surface area (Å²) in [5.74, 6) is -1.00. The van der Waals surface area contributed by atoms with Crippen LogP contribution in [0.4, 0.5) is 11.4 Å². The summed E-state index contributed by atoms with van der Waals surface area (Å²) < 4.78 is 26.8. The highest BCUT2D eigenvalue weighted by Gasteiger charge is 2.33. The lowest BCUT2D eigenvalue weighted by Gasteiger charge is -2.27. The van der Waals surface area contributed by atoms with Crippen LogP contribution in [-0.4, -0.2) is 39.7 Å². The zero-order valence-corrected chi connectivity index (χ0v) is 15.8. The molecule has 1 atom stereocenters. The number of carbonyl (C=O) groups is 1. The lowest BCUT2D eigenvalue weighted by molar-refractivity contribution is -0.385. The van der Waals surface area contributed by atoms with E-state index in [9.17, 15) is 33.4 Å². The second-order valence-electron chi connectivity index (χ2n) is 5.88. The number of nitrogens with zero attached hydrogens (tertiary/aromatic N) is 3. The van der Waals surface area contributed by atoms with Crippen molar-refractivity contribution in [1.82, 2.24) is 9.79 Å². The Morgan fingerprint density at radius 2 is 1.48 bits per heavy atom. The van der Waals surface area contributed by atoms with Crippen molar-refractivity contribution in [2.45, 2.75) is 24.4 Å². The Labute approximate surface area is 164 Å². The van der Waals surface area contributed by atoms with Crippen LogP contribution in [0.25, 0.3) is 0 Å². The molecule has 0 heterocycles. The predicted molar refractivity (Wildman–Crippen MR) is 98.3 cm³/mol. The van der Waals surface area contributed by atoms with Gasteiger partial charge in [0.1, 0.15) is 6.04 Å². The normalized spacial score (nSPS) is 12.4. The van der Waals surface area contributed by atoms with Crippen molar-refractivity contribution in [3.63, 3.8) is 0 Å². The van der Waals surface area contributed by atoms with Crippen LogP contribution in [0.1, 0.15) is 12.5 Å². The summed E-state index contributed by atoms with van der Waals surface area (Å²) in [6.07, 6.45) is 0. The van der Waals surface area contributed by atoms with E-state index in [1.165, 1.54) is 36.7 Å². The van der Waals surface area contributed by atoms with Crippen molar-refractivity contribution in [3.8, 4) is 0 Å². The lowest BCUT2D eigenvalue weighted by atomic mass is 10.2. The maximum Gasteiger partial charge on any atom is 0.269 e. The van der Waals surface area contributed by atoms with Gasteiger partial charge in [-0.05, 0) is 24.6 Å². The van der Waals surface area contributed by atoms with E-state index in [4.69, 9.17) is 5.21 Å². The number of hydrogen-bond donors (Lipinski definition) is 2. The first-order valence-electron chi connectivity index (χ1n) is 8.01. The van der Waals surface area contributed by atoms with Gasteiger partial charge < -0.3 is 0 Å². The van der Waals surface area contributed by atoms with E-state index in [0.717, 1.165) is 28.6 Å². The molecule has 2 aromatic carbocycles. The van der Waals surface area contributed by atoms with E-state index in [2.05, 4.69) is 0 Å². The highest BCUT2D eigenvalue weighted by atomic mass is 32.2. The summed E-state index contributed by atoms with van der Waals surface area (Å²) >= 11 is 0. The van der Waals surface area contributed by atoms with E-state index in [1.807, 2.05) is 0 Å². The molecule has 2 rings (SSSR count). The molecule has 0 aliphatic rings. The molecule has 0 saturated carbocycles. The molecule has 0 aromatic heterocycles. The number of hydrogen-bond acceptors (Lipinski definition) is 8. The van der Waals surface area contributed by atoms with Crippen LogP contribution in [-0.2, 0) is 21.4 Å². The minimum Gasteiger partial charge on any atom is -0.289 e. The molecule has 0 saturated heterocycles. The Kier molecular flexibility index (Phi) is 6.58. The molecule has 29 heavy (non-hydrogen) atoms. The molecule has 0 fully saturated rings. The SMILES string of the molecule is C[C@@H](C(=O)NO)N(Cc1ccc([N+](=O)[O-])cc1)S(=O)(=O)c1ccc([N+](=O)[O-])cc1. The number of carbonyl (C=O) groups excluding carboxylic acids is 1. The van der Waals surface area contributed by atoms with Crippen LogP contribution in [0.15, 0.2) is 53.4 Å². The summed E-state index contributed by atoms with van der Waals surface area (Å²) in [6.45, 7) is 0.895. The van der Waals surface area contributed by atoms with Gasteiger partial charge in [0.15, 0.2) is 0 Å². The van der Waals surface area contributed by atoms with Crippen molar-refractivity contribution < 1.29 is 28.3 Å². The molecule has 0 aliphatic carbocycles. The summed E-state index contributed by atoms with van der Waals surface area (Å²) in [5.41, 5.74) is 1.22. The van der Waals surface area contributed by atoms with Crippen molar-refractivity contribution in [2.75, 3.05) is 0 Å². The third-order valence-corrected chi connectivity index (χ3v) is 5.99. The molecule has 12 nitrogen and oxygen atoms in total. The maximum atomic E-state index is 13.0. The molecule has 0 aliphatic heterocycles. The van der Waals surface area contributed by atoms with Crippen LogP contribution in [0.5, 0.6) is 0 Å². The van der Waals surface area contributed by atoms with Crippen LogP contribution in [0, 0.1) is 20.2 Å². The third-order valence-electron chi connectivity index (χ3n) is 4.06. The Morgan fingerprint density at radius 3 is 1.90 bits per heavy atom. The van der Waals surface area contributed by atoms with Gasteiger partial charge in [-0.1, -0.05) is 12.1 Å². The molecule has 0 spiro atoms. The molecule has 0 radical (unpaired) electrons. The number of hydroxylamine groups is 1. The summed E-state index contributed by atoms with van der Waals surface area (Å²) in [5, 5.41) is 30.4. The Balaban J connectivity index is 2.44. The van der Waals surface area contributed by atoms with Crippen LogP contribution in [0.3, 0.4) is 0 Å². The van der Waals surface area contributed by atoms with E-state index in [1.54, 1.807) is 0 Å². The zero-order valence-electron chi connectivity index (χ0n) is 15.0. The fraction of sp³-hybridized carbons (Fsp3) is 0.188. The molecule has 0 unspecified atom stereocenters. The number of nitrogens with one attached hydrogen (secondary N) is 1. The van der Waals surface area contributed by atoms with Crippen molar-refractivity contribution in [3.05, 3.63) is 74.3 Å². The summed E-state index contributed by atoms with van der Waals surface area (Å²) in [6, 6.07) is 7.75. The number of amides is 1. The smallest absolute Gasteiger partial charge is 0.269 e. The van der Waals surface area contributed by atoms with Gasteiger partial charge in [0.25, 0.3) is 17.3 Å². The number of nitro groups is 2. The first kappa shape index (κ1) is 21.9. The summed E-state index contributed by atoms with van der Waals surface area (Å²) in [4.78, 5) is 31.8. The average molecular weight is 424 g/mol. The number of nitro benzene ring substituents is 2.